The lowest BCUT2D eigenvalue weighted by atomic mass is 10.00. The minimum atomic E-state index is -0.565. The predicted molar refractivity (Wildman–Crippen MR) is 87.7 cm³/mol. The van der Waals surface area contributed by atoms with Gasteiger partial charge in [0.2, 0.25) is 5.91 Å². The molecule has 1 aliphatic heterocycles. The Balaban J connectivity index is 1.81. The number of hydrogen-bond donors (Lipinski definition) is 0. The van der Waals surface area contributed by atoms with E-state index in [4.69, 9.17) is 0 Å². The highest BCUT2D eigenvalue weighted by Gasteiger charge is 2.21. The molecule has 0 N–H and O–H groups in total. The van der Waals surface area contributed by atoms with E-state index in [9.17, 15) is 19.7 Å². The van der Waals surface area contributed by atoms with Crippen LogP contribution in [-0.4, -0.2) is 26.8 Å². The standard InChI is InChI=1S/C17H17N3O4/c1-12-8-15(20(23)24)10-19(17(12)22)11-16(21)18-7-6-13-4-2-3-5-14(13)9-18/h2-5,8,10H,6-7,9,11H2,1H3. The molecule has 1 aromatic heterocycles. The fourth-order valence-corrected chi connectivity index (χ4v) is 2.94. The number of aromatic nitrogens is 1. The van der Waals surface area contributed by atoms with Crippen LogP contribution < -0.4 is 5.56 Å². The van der Waals surface area contributed by atoms with E-state index < -0.39 is 4.92 Å². The first kappa shape index (κ1) is 15.9. The first-order valence-corrected chi connectivity index (χ1v) is 7.66. The Morgan fingerprint density at radius 2 is 2.00 bits per heavy atom. The van der Waals surface area contributed by atoms with Gasteiger partial charge in [-0.25, -0.2) is 0 Å². The molecule has 1 aliphatic rings. The van der Waals surface area contributed by atoms with E-state index in [2.05, 4.69) is 0 Å². The zero-order valence-corrected chi connectivity index (χ0v) is 13.3. The summed E-state index contributed by atoms with van der Waals surface area (Å²) in [5.41, 5.74) is 2.00. The van der Waals surface area contributed by atoms with E-state index in [1.165, 1.54) is 18.6 Å². The van der Waals surface area contributed by atoms with Crippen molar-refractivity contribution >= 4 is 11.6 Å². The van der Waals surface area contributed by atoms with Crippen LogP contribution in [0.25, 0.3) is 0 Å². The van der Waals surface area contributed by atoms with Gasteiger partial charge in [0.05, 0.1) is 11.1 Å². The molecule has 1 aromatic carbocycles. The third-order valence-corrected chi connectivity index (χ3v) is 4.25. The van der Waals surface area contributed by atoms with Crippen LogP contribution in [0.15, 0.2) is 41.3 Å². The van der Waals surface area contributed by atoms with Crippen LogP contribution in [0.5, 0.6) is 0 Å². The van der Waals surface area contributed by atoms with Crippen LogP contribution >= 0.6 is 0 Å². The lowest BCUT2D eigenvalue weighted by molar-refractivity contribution is -0.385. The molecule has 0 aliphatic carbocycles. The number of nitrogens with zero attached hydrogens (tertiary/aromatic N) is 3. The SMILES string of the molecule is Cc1cc([N+](=O)[O-])cn(CC(=O)N2CCc3ccccc3C2)c1=O. The van der Waals surface area contributed by atoms with Gasteiger partial charge in [0.1, 0.15) is 6.54 Å². The number of amides is 1. The monoisotopic (exact) mass is 327 g/mol. The average Bonchev–Trinajstić information content (AvgIpc) is 2.58. The highest BCUT2D eigenvalue weighted by atomic mass is 16.6. The summed E-state index contributed by atoms with van der Waals surface area (Å²) in [5, 5.41) is 10.9. The second-order valence-corrected chi connectivity index (χ2v) is 5.91. The van der Waals surface area contributed by atoms with Gasteiger partial charge in [0, 0.05) is 24.7 Å². The maximum atomic E-state index is 12.5. The zero-order chi connectivity index (χ0) is 17.3. The van der Waals surface area contributed by atoms with Gasteiger partial charge in [0.25, 0.3) is 11.2 Å². The van der Waals surface area contributed by atoms with Crippen molar-refractivity contribution in [1.82, 2.24) is 9.47 Å². The number of fused-ring (bicyclic) bond motifs is 1. The van der Waals surface area contributed by atoms with Gasteiger partial charge >= 0.3 is 0 Å². The Morgan fingerprint density at radius 3 is 2.71 bits per heavy atom. The summed E-state index contributed by atoms with van der Waals surface area (Å²) in [5.74, 6) is -0.216. The van der Waals surface area contributed by atoms with Crippen LogP contribution in [0.3, 0.4) is 0 Å². The largest absolute Gasteiger partial charge is 0.336 e. The molecule has 0 fully saturated rings. The molecule has 1 amide bonds. The Morgan fingerprint density at radius 1 is 1.29 bits per heavy atom. The van der Waals surface area contributed by atoms with Crippen molar-refractivity contribution in [3.8, 4) is 0 Å². The number of hydrogen-bond acceptors (Lipinski definition) is 4. The maximum Gasteiger partial charge on any atom is 0.286 e. The Labute approximate surface area is 138 Å². The second-order valence-electron chi connectivity index (χ2n) is 5.91. The van der Waals surface area contributed by atoms with Gasteiger partial charge < -0.3 is 4.90 Å². The Bertz CT molecular complexity index is 872. The summed E-state index contributed by atoms with van der Waals surface area (Å²) >= 11 is 0. The summed E-state index contributed by atoms with van der Waals surface area (Å²) in [7, 11) is 0. The number of aryl methyl sites for hydroxylation is 1. The van der Waals surface area contributed by atoms with E-state index in [0.717, 1.165) is 22.7 Å². The van der Waals surface area contributed by atoms with Crippen molar-refractivity contribution in [3.63, 3.8) is 0 Å². The van der Waals surface area contributed by atoms with Gasteiger partial charge in [-0.3, -0.25) is 24.3 Å². The van der Waals surface area contributed by atoms with Gasteiger partial charge in [-0.2, -0.15) is 0 Å². The van der Waals surface area contributed by atoms with E-state index in [1.54, 1.807) is 4.90 Å². The minimum absolute atomic E-state index is 0.191. The topological polar surface area (TPSA) is 85.4 Å². The summed E-state index contributed by atoms with van der Waals surface area (Å²) in [6.07, 6.45) is 1.90. The minimum Gasteiger partial charge on any atom is -0.336 e. The first-order valence-electron chi connectivity index (χ1n) is 7.66. The fourth-order valence-electron chi connectivity index (χ4n) is 2.94. The van der Waals surface area contributed by atoms with Crippen molar-refractivity contribution in [2.24, 2.45) is 0 Å². The molecule has 0 atom stereocenters. The maximum absolute atomic E-state index is 12.5. The molecule has 124 valence electrons. The molecule has 2 aromatic rings. The number of rotatable bonds is 3. The number of pyridine rings is 1. The molecule has 2 heterocycles. The summed E-state index contributed by atoms with van der Waals surface area (Å²) in [6.45, 7) is 2.40. The molecular weight excluding hydrogens is 310 g/mol. The highest BCUT2D eigenvalue weighted by Crippen LogP contribution is 2.19. The molecule has 0 bridgehead atoms. The van der Waals surface area contributed by atoms with Crippen molar-refractivity contribution in [1.29, 1.82) is 0 Å². The zero-order valence-electron chi connectivity index (χ0n) is 13.3. The Kier molecular flexibility index (Phi) is 4.16. The number of benzene rings is 1. The van der Waals surface area contributed by atoms with Gasteiger partial charge in [0.15, 0.2) is 0 Å². The molecule has 0 unspecified atom stereocenters. The smallest absolute Gasteiger partial charge is 0.286 e. The summed E-state index contributed by atoms with van der Waals surface area (Å²) < 4.78 is 1.12. The third kappa shape index (κ3) is 3.05. The highest BCUT2D eigenvalue weighted by molar-refractivity contribution is 5.76. The first-order chi connectivity index (χ1) is 11.5. The van der Waals surface area contributed by atoms with Crippen LogP contribution in [0.1, 0.15) is 16.7 Å². The fraction of sp³-hybridized carbons (Fsp3) is 0.294. The van der Waals surface area contributed by atoms with Gasteiger partial charge in [-0.15, -0.1) is 0 Å². The number of carbonyl (C=O) groups excluding carboxylic acids is 1. The van der Waals surface area contributed by atoms with E-state index in [1.807, 2.05) is 24.3 Å². The van der Waals surface area contributed by atoms with Gasteiger partial charge in [-0.05, 0) is 24.5 Å². The molecule has 7 nitrogen and oxygen atoms in total. The molecular formula is C17H17N3O4. The van der Waals surface area contributed by atoms with Gasteiger partial charge in [-0.1, -0.05) is 24.3 Å². The normalized spacial score (nSPS) is 13.5. The molecule has 0 saturated heterocycles. The van der Waals surface area contributed by atoms with Crippen LogP contribution in [0, 0.1) is 17.0 Å². The van der Waals surface area contributed by atoms with Crippen molar-refractivity contribution in [2.75, 3.05) is 6.54 Å². The molecule has 0 spiro atoms. The summed E-state index contributed by atoms with van der Waals surface area (Å²) in [4.78, 5) is 36.7. The predicted octanol–water partition coefficient (Wildman–Crippen LogP) is 1.65. The quantitative estimate of drug-likeness (QED) is 0.634. The lowest BCUT2D eigenvalue weighted by Gasteiger charge is -2.29. The summed E-state index contributed by atoms with van der Waals surface area (Å²) in [6, 6.07) is 9.16. The molecule has 0 saturated carbocycles. The van der Waals surface area contributed by atoms with E-state index in [-0.39, 0.29) is 29.3 Å². The molecule has 3 rings (SSSR count). The molecule has 24 heavy (non-hydrogen) atoms. The Hall–Kier alpha value is -2.96. The van der Waals surface area contributed by atoms with E-state index in [0.29, 0.717) is 13.1 Å². The van der Waals surface area contributed by atoms with Crippen molar-refractivity contribution in [3.05, 3.63) is 73.7 Å². The number of nitro groups is 1. The van der Waals surface area contributed by atoms with Crippen molar-refractivity contribution < 1.29 is 9.72 Å². The average molecular weight is 327 g/mol. The van der Waals surface area contributed by atoms with Crippen LogP contribution in [0.4, 0.5) is 5.69 Å². The van der Waals surface area contributed by atoms with Crippen LogP contribution in [-0.2, 0) is 24.3 Å². The third-order valence-electron chi connectivity index (χ3n) is 4.25. The molecule has 0 radical (unpaired) electrons. The number of carbonyl (C=O) groups is 1. The molecule has 7 heteroatoms. The van der Waals surface area contributed by atoms with Crippen LogP contribution in [0.2, 0.25) is 0 Å². The second kappa shape index (κ2) is 6.27. The van der Waals surface area contributed by atoms with E-state index >= 15 is 0 Å². The lowest BCUT2D eigenvalue weighted by Crippen LogP contribution is -2.39. The van der Waals surface area contributed by atoms with Crippen molar-refractivity contribution in [2.45, 2.75) is 26.4 Å².